The molecule has 0 aliphatic heterocycles. The zero-order valence-corrected chi connectivity index (χ0v) is 5.44. The van der Waals surface area contributed by atoms with Crippen LogP contribution < -0.4 is 0 Å². The zero-order valence-electron chi connectivity index (χ0n) is 5.44. The predicted molar refractivity (Wildman–Crippen MR) is 42.2 cm³/mol. The number of hydrogen-bond donors (Lipinski definition) is 0. The van der Waals surface area contributed by atoms with E-state index >= 15 is 0 Å². The molecule has 0 nitrogen and oxygen atoms in total. The minimum absolute atomic E-state index is 0.769. The van der Waals surface area contributed by atoms with Gasteiger partial charge in [-0.1, -0.05) is 0 Å². The van der Waals surface area contributed by atoms with Gasteiger partial charge >= 0.3 is 47.8 Å². The third kappa shape index (κ3) is 4.11. The van der Waals surface area contributed by atoms with Gasteiger partial charge in [-0.3, -0.25) is 0 Å². The monoisotopic (exact) mass is 90.1 g/mol. The Kier molecular flexibility index (Phi) is 4.58. The molecule has 0 heterocycles. The quantitative estimate of drug-likeness (QED) is 0.400. The second-order valence-corrected chi connectivity index (χ2v) is 1.91. The summed E-state index contributed by atoms with van der Waals surface area (Å²) in [5.41, 5.74) is 0. The molecule has 0 rings (SSSR count). The van der Waals surface area contributed by atoms with Gasteiger partial charge in [-0.2, -0.15) is 0 Å². The Morgan fingerprint density at radius 1 is 1.71 bits per heavy atom. The molecule has 34 valence electrons. The Balaban J connectivity index is 3.16. The molecule has 0 aliphatic rings. The molecule has 0 atom stereocenters. The molecule has 0 aliphatic carbocycles. The van der Waals surface area contributed by atoms with Crippen molar-refractivity contribution < 1.29 is 0 Å². The minimum atomic E-state index is 0.769. The van der Waals surface area contributed by atoms with Crippen molar-refractivity contribution >= 4 is 27.7 Å². The van der Waals surface area contributed by atoms with E-state index in [-0.39, 0.29) is 0 Å². The summed E-state index contributed by atoms with van der Waals surface area (Å²) in [7, 11) is 2.06. The Bertz CT molecular complexity index is 60.0. The van der Waals surface area contributed by atoms with E-state index in [0.717, 1.165) is 6.60 Å². The van der Waals surface area contributed by atoms with Gasteiger partial charge in [0.2, 0.25) is 0 Å². The van der Waals surface area contributed by atoms with Crippen LogP contribution >= 0.6 is 0 Å². The molecular formula is C3H10B4. The van der Waals surface area contributed by atoms with Crippen LogP contribution in [0.25, 0.3) is 0 Å². The second kappa shape index (κ2) is 4.42. The van der Waals surface area contributed by atoms with E-state index in [1.165, 1.54) is 6.32 Å². The van der Waals surface area contributed by atoms with Crippen LogP contribution in [0.1, 0.15) is 6.92 Å². The molecule has 0 bridgehead atoms. The van der Waals surface area contributed by atoms with Gasteiger partial charge in [0, 0.05) is 0 Å². The standard InChI is InChI=1S/C3H10B4/c1-3-7(2)6-5-4/h3-4H2,1-2H3. The summed E-state index contributed by atoms with van der Waals surface area (Å²) in [6.07, 6.45) is 1.25. The molecule has 4 heteroatoms. The molecule has 0 radical (unpaired) electrons. The van der Waals surface area contributed by atoms with Crippen molar-refractivity contribution in [2.45, 2.75) is 20.1 Å². The van der Waals surface area contributed by atoms with Crippen molar-refractivity contribution in [1.82, 2.24) is 0 Å². The van der Waals surface area contributed by atoms with Crippen molar-refractivity contribution in [3.63, 3.8) is 0 Å². The van der Waals surface area contributed by atoms with Crippen LogP contribution in [0.3, 0.4) is 0 Å². The fourth-order valence-corrected chi connectivity index (χ4v) is 0.465. The van der Waals surface area contributed by atoms with Crippen LogP contribution in [0.4, 0.5) is 0 Å². The van der Waals surface area contributed by atoms with E-state index in [1.54, 1.807) is 0 Å². The molecule has 0 N–H and O–H groups in total. The van der Waals surface area contributed by atoms with Crippen LogP contribution in [0.5, 0.6) is 0 Å². The van der Waals surface area contributed by atoms with Crippen LogP contribution in [-0.4, -0.2) is 27.7 Å². The maximum atomic E-state index is 2.22. The summed E-state index contributed by atoms with van der Waals surface area (Å²) in [5, 5.41) is 0. The van der Waals surface area contributed by atoms with Gasteiger partial charge in [0.1, 0.15) is 0 Å². The van der Waals surface area contributed by atoms with Crippen LogP contribution in [0.2, 0.25) is 13.1 Å². The molecule has 0 saturated carbocycles. The molecular weight excluding hydrogens is 79.3 g/mol. The third-order valence-electron chi connectivity index (χ3n) is 1.16. The summed E-state index contributed by atoms with van der Waals surface area (Å²) in [4.78, 5) is 0. The van der Waals surface area contributed by atoms with Crippen molar-refractivity contribution in [2.24, 2.45) is 0 Å². The first-order valence-electron chi connectivity index (χ1n) is 2.94. The summed E-state index contributed by atoms with van der Waals surface area (Å²) < 4.78 is 0. The normalized spacial score (nSPS) is 7.71. The Morgan fingerprint density at radius 3 is 2.43 bits per heavy atom. The van der Waals surface area contributed by atoms with Crippen molar-refractivity contribution in [2.75, 3.05) is 0 Å². The van der Waals surface area contributed by atoms with Gasteiger partial charge in [0.25, 0.3) is 0 Å². The molecule has 0 unspecified atom stereocenters. The van der Waals surface area contributed by atoms with Crippen molar-refractivity contribution in [3.8, 4) is 0 Å². The van der Waals surface area contributed by atoms with E-state index < -0.39 is 0 Å². The summed E-state index contributed by atoms with van der Waals surface area (Å²) in [6, 6.07) is 0. The van der Waals surface area contributed by atoms with Gasteiger partial charge in [-0.05, 0) is 0 Å². The van der Waals surface area contributed by atoms with Gasteiger partial charge < -0.3 is 0 Å². The van der Waals surface area contributed by atoms with Crippen LogP contribution in [0.15, 0.2) is 0 Å². The summed E-state index contributed by atoms with van der Waals surface area (Å²) in [5.74, 6) is 0. The third-order valence-corrected chi connectivity index (χ3v) is 1.16. The molecule has 0 aromatic heterocycles. The molecule has 0 aromatic carbocycles. The van der Waals surface area contributed by atoms with Crippen molar-refractivity contribution in [3.05, 3.63) is 0 Å². The Morgan fingerprint density at radius 2 is 2.29 bits per heavy atom. The molecule has 0 spiro atoms. The van der Waals surface area contributed by atoms with Gasteiger partial charge in [0.05, 0.1) is 0 Å². The van der Waals surface area contributed by atoms with Crippen LogP contribution in [-0.2, 0) is 0 Å². The van der Waals surface area contributed by atoms with E-state index in [0.29, 0.717) is 0 Å². The van der Waals surface area contributed by atoms with Crippen LogP contribution in [0, 0.1) is 0 Å². The van der Waals surface area contributed by atoms with E-state index in [4.69, 9.17) is 0 Å². The Hall–Kier alpha value is 0.260. The molecule has 0 saturated heterocycles. The predicted octanol–water partition coefficient (Wildman–Crippen LogP) is -0.501. The first-order valence-corrected chi connectivity index (χ1v) is 2.94. The van der Waals surface area contributed by atoms with Gasteiger partial charge in [-0.15, -0.1) is 0 Å². The Labute approximate surface area is 48.6 Å². The number of rotatable bonds is 2. The van der Waals surface area contributed by atoms with E-state index in [9.17, 15) is 0 Å². The maximum absolute atomic E-state index is 2.22. The van der Waals surface area contributed by atoms with Gasteiger partial charge in [0.15, 0.2) is 0 Å². The van der Waals surface area contributed by atoms with Gasteiger partial charge in [-0.25, -0.2) is 0 Å². The first kappa shape index (κ1) is 7.26. The molecule has 0 aromatic rings. The average Bonchev–Trinajstić information content (AvgIpc) is 1.68. The van der Waals surface area contributed by atoms with E-state index in [2.05, 4.69) is 34.9 Å². The molecule has 0 amide bonds. The SMILES string of the molecule is BB=BB(C)CC. The number of hydrogen-bond acceptors (Lipinski definition) is 0. The van der Waals surface area contributed by atoms with E-state index in [1.807, 2.05) is 0 Å². The molecule has 0 fully saturated rings. The van der Waals surface area contributed by atoms with Crippen molar-refractivity contribution in [1.29, 1.82) is 0 Å². The summed E-state index contributed by atoms with van der Waals surface area (Å²) >= 11 is 0. The average molecular weight is 89.4 g/mol. The first-order chi connectivity index (χ1) is 3.31. The summed E-state index contributed by atoms with van der Waals surface area (Å²) in [6.45, 7) is 9.52. The second-order valence-electron chi connectivity index (χ2n) is 1.91. The molecule has 7 heavy (non-hydrogen) atoms. The topological polar surface area (TPSA) is 0 Å². The zero-order chi connectivity index (χ0) is 5.70. The fourth-order valence-electron chi connectivity index (χ4n) is 0.465. The fraction of sp³-hybridized carbons (Fsp3) is 1.00.